The van der Waals surface area contributed by atoms with Crippen LogP contribution in [0.3, 0.4) is 0 Å². The van der Waals surface area contributed by atoms with E-state index in [9.17, 15) is 5.26 Å². The molecule has 0 bridgehead atoms. The van der Waals surface area contributed by atoms with Gasteiger partial charge in [-0.2, -0.15) is 5.26 Å². The van der Waals surface area contributed by atoms with Crippen molar-refractivity contribution in [2.75, 3.05) is 32.1 Å². The van der Waals surface area contributed by atoms with Crippen LogP contribution in [0.25, 0.3) is 5.65 Å². The Kier molecular flexibility index (Phi) is 6.84. The van der Waals surface area contributed by atoms with Gasteiger partial charge in [0, 0.05) is 38.4 Å². The van der Waals surface area contributed by atoms with E-state index < -0.39 is 0 Å². The zero-order valence-corrected chi connectivity index (χ0v) is 22.3. The maximum absolute atomic E-state index is 10.4. The highest BCUT2D eigenvalue weighted by atomic mass is 15.3. The molecule has 4 aromatic rings. The summed E-state index contributed by atoms with van der Waals surface area (Å²) in [5, 5.41) is 10.4. The summed E-state index contributed by atoms with van der Waals surface area (Å²) in [4.78, 5) is 17.0. The molecule has 7 nitrogen and oxygen atoms in total. The van der Waals surface area contributed by atoms with Gasteiger partial charge < -0.3 is 9.80 Å². The van der Waals surface area contributed by atoms with E-state index in [-0.39, 0.29) is 6.04 Å². The SMILES string of the molecule is CN(C)[C@@H]1CCN(c2cccc3nc(CN(Cc4ccccc4)[C@H]4CCCc5cccnc54)c(C#N)n23)C1. The summed E-state index contributed by atoms with van der Waals surface area (Å²) in [7, 11) is 4.29. The number of fused-ring (bicyclic) bond motifs is 2. The number of imidazole rings is 1. The van der Waals surface area contributed by atoms with E-state index in [1.807, 2.05) is 18.3 Å². The summed E-state index contributed by atoms with van der Waals surface area (Å²) >= 11 is 0. The standard InChI is InChI=1S/C31H35N7/c1-35(2)25-16-18-36(21-25)30-15-7-14-29-34-26(28(19-32)38(29)30)22-37(20-23-9-4-3-5-10-23)27-13-6-11-24-12-8-17-33-31(24)27/h3-5,7-10,12,14-15,17,25,27H,6,11,13,16,18,20-22H2,1-2H3/t25-,27+/m1/s1. The van der Waals surface area contributed by atoms with Gasteiger partial charge in [-0.1, -0.05) is 42.5 Å². The molecule has 6 rings (SSSR count). The Morgan fingerprint density at radius 1 is 1.00 bits per heavy atom. The minimum absolute atomic E-state index is 0.190. The van der Waals surface area contributed by atoms with Crippen LogP contribution in [0, 0.1) is 11.3 Å². The van der Waals surface area contributed by atoms with Crippen molar-refractivity contribution in [2.24, 2.45) is 0 Å². The number of aryl methyl sites for hydroxylation is 1. The molecular formula is C31H35N7. The third kappa shape index (κ3) is 4.66. The molecular weight excluding hydrogens is 470 g/mol. The average molecular weight is 506 g/mol. The van der Waals surface area contributed by atoms with Crippen LogP contribution in [0.15, 0.2) is 66.9 Å². The third-order valence-electron chi connectivity index (χ3n) is 8.21. The zero-order valence-electron chi connectivity index (χ0n) is 22.3. The van der Waals surface area contributed by atoms with Gasteiger partial charge in [0.25, 0.3) is 0 Å². The van der Waals surface area contributed by atoms with Crippen molar-refractivity contribution in [3.63, 3.8) is 0 Å². The Hall–Kier alpha value is -3.73. The Bertz CT molecular complexity index is 1450. The van der Waals surface area contributed by atoms with Crippen molar-refractivity contribution in [3.8, 4) is 6.07 Å². The van der Waals surface area contributed by atoms with Gasteiger partial charge in [-0.15, -0.1) is 0 Å². The molecule has 0 unspecified atom stereocenters. The zero-order chi connectivity index (χ0) is 26.1. The van der Waals surface area contributed by atoms with Crippen molar-refractivity contribution in [1.82, 2.24) is 24.2 Å². The molecule has 2 atom stereocenters. The van der Waals surface area contributed by atoms with E-state index in [0.29, 0.717) is 18.3 Å². The Morgan fingerprint density at radius 3 is 2.66 bits per heavy atom. The normalized spacial score (nSPS) is 19.3. The summed E-state index contributed by atoms with van der Waals surface area (Å²) in [5.41, 5.74) is 6.07. The number of rotatable bonds is 7. The molecule has 7 heteroatoms. The molecule has 0 spiro atoms. The highest BCUT2D eigenvalue weighted by Crippen LogP contribution is 2.35. The lowest BCUT2D eigenvalue weighted by Crippen LogP contribution is -2.32. The summed E-state index contributed by atoms with van der Waals surface area (Å²) in [6.45, 7) is 3.31. The molecule has 38 heavy (non-hydrogen) atoms. The second-order valence-electron chi connectivity index (χ2n) is 10.8. The fraction of sp³-hybridized carbons (Fsp3) is 0.387. The van der Waals surface area contributed by atoms with Gasteiger partial charge in [0.1, 0.15) is 17.5 Å². The predicted molar refractivity (Wildman–Crippen MR) is 150 cm³/mol. The minimum Gasteiger partial charge on any atom is -0.356 e. The topological polar surface area (TPSA) is 63.7 Å². The number of anilines is 1. The van der Waals surface area contributed by atoms with E-state index in [1.165, 1.54) is 16.8 Å². The largest absolute Gasteiger partial charge is 0.356 e. The van der Waals surface area contributed by atoms with Crippen LogP contribution in [0.4, 0.5) is 5.82 Å². The van der Waals surface area contributed by atoms with Crippen LogP contribution in [-0.4, -0.2) is 57.4 Å². The third-order valence-corrected chi connectivity index (χ3v) is 8.21. The van der Waals surface area contributed by atoms with Crippen molar-refractivity contribution >= 4 is 11.5 Å². The Morgan fingerprint density at radius 2 is 1.87 bits per heavy atom. The lowest BCUT2D eigenvalue weighted by molar-refractivity contribution is 0.155. The second kappa shape index (κ2) is 10.6. The van der Waals surface area contributed by atoms with Gasteiger partial charge in [0.05, 0.1) is 17.4 Å². The molecule has 1 aromatic carbocycles. The quantitative estimate of drug-likeness (QED) is 0.359. The molecule has 1 aliphatic heterocycles. The predicted octanol–water partition coefficient (Wildman–Crippen LogP) is 4.82. The van der Waals surface area contributed by atoms with Crippen LogP contribution >= 0.6 is 0 Å². The van der Waals surface area contributed by atoms with E-state index in [0.717, 1.165) is 62.5 Å². The molecule has 4 heterocycles. The minimum atomic E-state index is 0.190. The summed E-state index contributed by atoms with van der Waals surface area (Å²) in [6.07, 6.45) is 6.29. The average Bonchev–Trinajstić information content (AvgIpc) is 3.58. The first kappa shape index (κ1) is 24.6. The number of pyridine rings is 2. The molecule has 0 radical (unpaired) electrons. The van der Waals surface area contributed by atoms with E-state index in [2.05, 4.69) is 87.8 Å². The number of hydrogen-bond acceptors (Lipinski definition) is 6. The maximum Gasteiger partial charge on any atom is 0.150 e. The molecule has 0 amide bonds. The Balaban J connectivity index is 1.39. The summed E-state index contributed by atoms with van der Waals surface area (Å²) < 4.78 is 2.07. The first-order chi connectivity index (χ1) is 18.6. The van der Waals surface area contributed by atoms with Gasteiger partial charge in [0.15, 0.2) is 5.69 Å². The number of likely N-dealkylation sites (N-methyl/N-ethyl adjacent to an activating group) is 1. The molecule has 3 aromatic heterocycles. The van der Waals surface area contributed by atoms with Crippen LogP contribution < -0.4 is 4.90 Å². The number of nitriles is 1. The van der Waals surface area contributed by atoms with Gasteiger partial charge in [-0.25, -0.2) is 4.98 Å². The van der Waals surface area contributed by atoms with Crippen molar-refractivity contribution in [3.05, 3.63) is 95.1 Å². The number of benzene rings is 1. The molecule has 0 saturated carbocycles. The van der Waals surface area contributed by atoms with Crippen molar-refractivity contribution < 1.29 is 0 Å². The van der Waals surface area contributed by atoms with Crippen LogP contribution in [0.1, 0.15) is 53.5 Å². The smallest absolute Gasteiger partial charge is 0.150 e. The number of nitrogens with zero attached hydrogens (tertiary/aromatic N) is 7. The van der Waals surface area contributed by atoms with Crippen LogP contribution in [0.5, 0.6) is 0 Å². The van der Waals surface area contributed by atoms with Crippen molar-refractivity contribution in [2.45, 2.75) is 50.9 Å². The molecule has 194 valence electrons. The number of aromatic nitrogens is 3. The second-order valence-corrected chi connectivity index (χ2v) is 10.8. The molecule has 1 fully saturated rings. The first-order valence-electron chi connectivity index (χ1n) is 13.7. The van der Waals surface area contributed by atoms with Crippen molar-refractivity contribution in [1.29, 1.82) is 5.26 Å². The molecule has 1 saturated heterocycles. The van der Waals surface area contributed by atoms with Crippen LogP contribution in [0.2, 0.25) is 0 Å². The highest BCUT2D eigenvalue weighted by Gasteiger charge is 2.30. The lowest BCUT2D eigenvalue weighted by atomic mass is 9.90. The molecule has 0 N–H and O–H groups in total. The van der Waals surface area contributed by atoms with Gasteiger partial charge in [-0.3, -0.25) is 14.3 Å². The summed E-state index contributed by atoms with van der Waals surface area (Å²) in [5.74, 6) is 1.06. The monoisotopic (exact) mass is 505 g/mol. The molecule has 2 aliphatic rings. The summed E-state index contributed by atoms with van der Waals surface area (Å²) in [6, 6.07) is 24.3. The van der Waals surface area contributed by atoms with Gasteiger partial charge in [-0.05, 0) is 69.1 Å². The highest BCUT2D eigenvalue weighted by molar-refractivity contribution is 5.57. The maximum atomic E-state index is 10.4. The van der Waals surface area contributed by atoms with E-state index in [4.69, 9.17) is 9.97 Å². The van der Waals surface area contributed by atoms with Crippen LogP contribution in [-0.2, 0) is 19.5 Å². The Labute approximate surface area is 225 Å². The van der Waals surface area contributed by atoms with E-state index >= 15 is 0 Å². The fourth-order valence-electron chi connectivity index (χ4n) is 6.19. The fourth-order valence-corrected chi connectivity index (χ4v) is 6.19. The van der Waals surface area contributed by atoms with Gasteiger partial charge in [0.2, 0.25) is 0 Å². The van der Waals surface area contributed by atoms with E-state index in [1.54, 1.807) is 0 Å². The molecule has 1 aliphatic carbocycles. The van der Waals surface area contributed by atoms with Gasteiger partial charge >= 0.3 is 0 Å². The number of hydrogen-bond donors (Lipinski definition) is 0. The first-order valence-corrected chi connectivity index (χ1v) is 13.7. The lowest BCUT2D eigenvalue weighted by Gasteiger charge is -2.34.